The second kappa shape index (κ2) is 10.7. The third-order valence-electron chi connectivity index (χ3n) is 17.0. The zero-order valence-electron chi connectivity index (χ0n) is 29.7. The molecule has 0 amide bonds. The standard InChI is InChI=1S/C38H64N2O4S/c1-26(41)44-31-12-13-35(5)29(33(31,2)3)11-14-37(7)30(35)9-8-28-32-27(34(4)16-17-34)10-15-38(32,19-18-36(28,37)6)39-20-21-40-22-24-45(42,43)25-23-40/h27-32,39H,8-25H2,1-7H3/t27-,28-,29+,30?,31+,32?,35+,36-,37-,38+/m1/s1. The van der Waals surface area contributed by atoms with Gasteiger partial charge in [0.2, 0.25) is 0 Å². The molecule has 7 heteroatoms. The molecule has 7 fully saturated rings. The number of rotatable bonds is 6. The van der Waals surface area contributed by atoms with Crippen LogP contribution in [-0.2, 0) is 19.4 Å². The van der Waals surface area contributed by atoms with E-state index in [4.69, 9.17) is 4.74 Å². The Hall–Kier alpha value is -0.660. The van der Waals surface area contributed by atoms with E-state index in [1.165, 1.54) is 70.6 Å². The van der Waals surface area contributed by atoms with E-state index in [1.54, 1.807) is 6.92 Å². The van der Waals surface area contributed by atoms with Crippen LogP contribution in [0.4, 0.5) is 0 Å². The van der Waals surface area contributed by atoms with E-state index in [0.29, 0.717) is 52.2 Å². The summed E-state index contributed by atoms with van der Waals surface area (Å²) >= 11 is 0. The van der Waals surface area contributed by atoms with Crippen molar-refractivity contribution < 1.29 is 17.9 Å². The van der Waals surface area contributed by atoms with Gasteiger partial charge in [-0.2, -0.15) is 0 Å². The van der Waals surface area contributed by atoms with Crippen molar-refractivity contribution in [2.45, 2.75) is 137 Å². The van der Waals surface area contributed by atoms with Crippen LogP contribution in [0.25, 0.3) is 0 Å². The number of carbonyl (C=O) groups is 1. The molecule has 7 aliphatic rings. The van der Waals surface area contributed by atoms with Crippen LogP contribution in [0.3, 0.4) is 0 Å². The zero-order chi connectivity index (χ0) is 32.3. The fraction of sp³-hybridized carbons (Fsp3) is 0.974. The molecule has 6 aliphatic carbocycles. The molecule has 0 spiro atoms. The first-order valence-corrected chi connectivity index (χ1v) is 20.7. The lowest BCUT2D eigenvalue weighted by molar-refractivity contribution is -0.247. The molecule has 1 aliphatic heterocycles. The van der Waals surface area contributed by atoms with Crippen molar-refractivity contribution in [1.29, 1.82) is 0 Å². The first kappa shape index (κ1) is 32.9. The number of nitrogens with zero attached hydrogens (tertiary/aromatic N) is 1. The Kier molecular flexibility index (Phi) is 7.79. The lowest BCUT2D eigenvalue weighted by Crippen LogP contribution is -2.69. The summed E-state index contributed by atoms with van der Waals surface area (Å²) in [6.07, 6.45) is 15.7. The average Bonchev–Trinajstić information content (AvgIpc) is 3.58. The van der Waals surface area contributed by atoms with Gasteiger partial charge in [-0.15, -0.1) is 0 Å². The van der Waals surface area contributed by atoms with Crippen LogP contribution in [0.2, 0.25) is 0 Å². The third kappa shape index (κ3) is 4.95. The molecule has 45 heavy (non-hydrogen) atoms. The molecule has 1 heterocycles. The molecule has 1 saturated heterocycles. The van der Waals surface area contributed by atoms with E-state index in [-0.39, 0.29) is 23.0 Å². The second-order valence-electron chi connectivity index (χ2n) is 19.0. The fourth-order valence-corrected chi connectivity index (χ4v) is 15.3. The molecule has 256 valence electrons. The summed E-state index contributed by atoms with van der Waals surface area (Å²) in [5.41, 5.74) is 1.79. The normalized spacial score (nSPS) is 49.6. The van der Waals surface area contributed by atoms with Crippen LogP contribution in [0.5, 0.6) is 0 Å². The van der Waals surface area contributed by atoms with Crippen molar-refractivity contribution in [3.8, 4) is 0 Å². The van der Waals surface area contributed by atoms with Gasteiger partial charge in [0.15, 0.2) is 9.84 Å². The molecule has 6 saturated carbocycles. The molecule has 0 aromatic rings. The summed E-state index contributed by atoms with van der Waals surface area (Å²) in [5.74, 6) is 4.21. The number of hydrogen-bond donors (Lipinski definition) is 1. The van der Waals surface area contributed by atoms with Crippen molar-refractivity contribution in [2.75, 3.05) is 37.7 Å². The number of ether oxygens (including phenoxy) is 1. The Labute approximate surface area is 274 Å². The van der Waals surface area contributed by atoms with Gasteiger partial charge in [0.25, 0.3) is 0 Å². The molecule has 6 nitrogen and oxygen atoms in total. The molecule has 0 radical (unpaired) electrons. The highest BCUT2D eigenvalue weighted by Gasteiger charge is 2.72. The van der Waals surface area contributed by atoms with Crippen LogP contribution in [0.1, 0.15) is 126 Å². The summed E-state index contributed by atoms with van der Waals surface area (Å²) in [6, 6.07) is 0. The van der Waals surface area contributed by atoms with Crippen LogP contribution in [0, 0.1) is 56.7 Å². The van der Waals surface area contributed by atoms with Crippen molar-refractivity contribution in [3.05, 3.63) is 0 Å². The quantitative estimate of drug-likeness (QED) is 0.318. The Balaban J connectivity index is 1.14. The number of esters is 1. The lowest BCUT2D eigenvalue weighted by Gasteiger charge is -2.73. The van der Waals surface area contributed by atoms with Gasteiger partial charge in [-0.1, -0.05) is 41.5 Å². The summed E-state index contributed by atoms with van der Waals surface area (Å²) in [5, 5.41) is 4.28. The summed E-state index contributed by atoms with van der Waals surface area (Å²) in [6.45, 7) is 20.5. The molecular formula is C38H64N2O4S. The molecule has 0 bridgehead atoms. The minimum atomic E-state index is -2.84. The average molecular weight is 645 g/mol. The van der Waals surface area contributed by atoms with Gasteiger partial charge >= 0.3 is 5.97 Å². The molecular weight excluding hydrogens is 580 g/mol. The Morgan fingerprint density at radius 2 is 1.49 bits per heavy atom. The van der Waals surface area contributed by atoms with Gasteiger partial charge < -0.3 is 15.0 Å². The number of fused-ring (bicyclic) bond motifs is 7. The van der Waals surface area contributed by atoms with Gasteiger partial charge in [0.05, 0.1) is 11.5 Å². The molecule has 1 N–H and O–H groups in total. The smallest absolute Gasteiger partial charge is 0.302 e. The minimum Gasteiger partial charge on any atom is -0.462 e. The maximum atomic E-state index is 12.1. The van der Waals surface area contributed by atoms with Gasteiger partial charge in [0, 0.05) is 44.1 Å². The number of nitrogens with one attached hydrogen (secondary N) is 1. The maximum Gasteiger partial charge on any atom is 0.302 e. The van der Waals surface area contributed by atoms with Gasteiger partial charge in [-0.05, 0) is 128 Å². The highest BCUT2D eigenvalue weighted by molar-refractivity contribution is 7.91. The van der Waals surface area contributed by atoms with Crippen molar-refractivity contribution in [2.24, 2.45) is 56.7 Å². The second-order valence-corrected chi connectivity index (χ2v) is 21.3. The highest BCUT2D eigenvalue weighted by atomic mass is 32.2. The van der Waals surface area contributed by atoms with E-state index in [2.05, 4.69) is 51.8 Å². The SMILES string of the molecule is CC(=O)O[C@H]1CC[C@]2(C)C3CC[C@@H]4C5[C@H](C6(C)CC6)CC[C@]5(NCCN5CCS(=O)(=O)CC5)CC[C@@]4(C)[C@]3(C)CC[C@H]2C1(C)C. The topological polar surface area (TPSA) is 75.7 Å². The van der Waals surface area contributed by atoms with Gasteiger partial charge in [0.1, 0.15) is 6.10 Å². The third-order valence-corrected chi connectivity index (χ3v) is 18.6. The van der Waals surface area contributed by atoms with Crippen molar-refractivity contribution >= 4 is 15.8 Å². The lowest BCUT2D eigenvalue weighted by atomic mass is 9.32. The maximum absolute atomic E-state index is 12.1. The van der Waals surface area contributed by atoms with E-state index in [9.17, 15) is 13.2 Å². The number of hydrogen-bond acceptors (Lipinski definition) is 6. The van der Waals surface area contributed by atoms with Crippen molar-refractivity contribution in [1.82, 2.24) is 10.2 Å². The summed E-state index contributed by atoms with van der Waals surface area (Å²) in [7, 11) is -2.84. The molecule has 0 aromatic heterocycles. The Morgan fingerprint density at radius 3 is 2.16 bits per heavy atom. The van der Waals surface area contributed by atoms with Crippen molar-refractivity contribution in [3.63, 3.8) is 0 Å². The summed E-state index contributed by atoms with van der Waals surface area (Å²) < 4.78 is 30.0. The van der Waals surface area contributed by atoms with E-state index in [1.807, 2.05) is 0 Å². The summed E-state index contributed by atoms with van der Waals surface area (Å²) in [4.78, 5) is 14.4. The minimum absolute atomic E-state index is 0.0129. The predicted octanol–water partition coefficient (Wildman–Crippen LogP) is 6.87. The Bertz CT molecular complexity index is 1280. The molecule has 0 aromatic carbocycles. The van der Waals surface area contributed by atoms with Gasteiger partial charge in [-0.3, -0.25) is 4.79 Å². The van der Waals surface area contributed by atoms with Crippen LogP contribution in [-0.4, -0.2) is 68.6 Å². The predicted molar refractivity (Wildman–Crippen MR) is 180 cm³/mol. The van der Waals surface area contributed by atoms with E-state index in [0.717, 1.165) is 43.2 Å². The van der Waals surface area contributed by atoms with Crippen LogP contribution >= 0.6 is 0 Å². The molecule has 10 atom stereocenters. The number of carbonyl (C=O) groups excluding carboxylic acids is 1. The largest absolute Gasteiger partial charge is 0.462 e. The zero-order valence-corrected chi connectivity index (χ0v) is 30.5. The van der Waals surface area contributed by atoms with Crippen LogP contribution in [0.15, 0.2) is 0 Å². The highest BCUT2D eigenvalue weighted by Crippen LogP contribution is 2.77. The first-order valence-electron chi connectivity index (χ1n) is 18.8. The number of sulfone groups is 1. The monoisotopic (exact) mass is 644 g/mol. The van der Waals surface area contributed by atoms with E-state index >= 15 is 0 Å². The molecule has 7 rings (SSSR count). The van der Waals surface area contributed by atoms with E-state index < -0.39 is 9.84 Å². The van der Waals surface area contributed by atoms with Crippen LogP contribution < -0.4 is 5.32 Å². The fourth-order valence-electron chi connectivity index (χ4n) is 14.1. The molecule has 2 unspecified atom stereocenters. The first-order chi connectivity index (χ1) is 21.0. The Morgan fingerprint density at radius 1 is 0.778 bits per heavy atom. The van der Waals surface area contributed by atoms with Gasteiger partial charge in [-0.25, -0.2) is 8.42 Å².